The molecule has 1 aliphatic heterocycles. The van der Waals surface area contributed by atoms with E-state index in [9.17, 15) is 4.79 Å². The SMILES string of the molecule is O=c1[nH]c(NC2CC2)nc2c1CNC2. The largest absolute Gasteiger partial charge is 0.353 e. The van der Waals surface area contributed by atoms with Crippen LogP contribution in [0.25, 0.3) is 0 Å². The normalized spacial score (nSPS) is 19.4. The summed E-state index contributed by atoms with van der Waals surface area (Å²) in [5.74, 6) is 0.625. The number of anilines is 1. The molecule has 1 aromatic heterocycles. The van der Waals surface area contributed by atoms with Gasteiger partial charge in [0.15, 0.2) is 0 Å². The Labute approximate surface area is 80.9 Å². The first-order chi connectivity index (χ1) is 6.83. The molecule has 74 valence electrons. The third kappa shape index (κ3) is 1.29. The van der Waals surface area contributed by atoms with Gasteiger partial charge in [0, 0.05) is 19.1 Å². The molecule has 0 saturated heterocycles. The second kappa shape index (κ2) is 2.81. The molecular formula is C9H12N4O. The van der Waals surface area contributed by atoms with Crippen LogP contribution >= 0.6 is 0 Å². The number of rotatable bonds is 2. The highest BCUT2D eigenvalue weighted by molar-refractivity contribution is 5.33. The molecule has 1 aliphatic carbocycles. The predicted octanol–water partition coefficient (Wildman–Crippen LogP) is -0.0526. The van der Waals surface area contributed by atoms with Crippen molar-refractivity contribution in [1.29, 1.82) is 0 Å². The van der Waals surface area contributed by atoms with E-state index >= 15 is 0 Å². The average molecular weight is 192 g/mol. The van der Waals surface area contributed by atoms with Gasteiger partial charge in [-0.2, -0.15) is 0 Å². The Morgan fingerprint density at radius 2 is 2.21 bits per heavy atom. The number of aromatic nitrogens is 2. The van der Waals surface area contributed by atoms with Crippen LogP contribution in [-0.4, -0.2) is 16.0 Å². The zero-order valence-electron chi connectivity index (χ0n) is 7.76. The molecule has 2 aliphatic rings. The summed E-state index contributed by atoms with van der Waals surface area (Å²) in [7, 11) is 0. The van der Waals surface area contributed by atoms with E-state index in [1.165, 1.54) is 12.8 Å². The summed E-state index contributed by atoms with van der Waals surface area (Å²) >= 11 is 0. The minimum absolute atomic E-state index is 0.0110. The first-order valence-corrected chi connectivity index (χ1v) is 4.92. The van der Waals surface area contributed by atoms with Gasteiger partial charge in [-0.15, -0.1) is 0 Å². The van der Waals surface area contributed by atoms with Gasteiger partial charge in [0.25, 0.3) is 5.56 Å². The average Bonchev–Trinajstić information content (AvgIpc) is 2.82. The Balaban J connectivity index is 1.98. The highest BCUT2D eigenvalue weighted by Gasteiger charge is 2.23. The highest BCUT2D eigenvalue weighted by Crippen LogP contribution is 2.22. The van der Waals surface area contributed by atoms with Crippen molar-refractivity contribution in [1.82, 2.24) is 15.3 Å². The van der Waals surface area contributed by atoms with Crippen molar-refractivity contribution in [2.24, 2.45) is 0 Å². The van der Waals surface area contributed by atoms with Crippen molar-refractivity contribution in [2.45, 2.75) is 32.0 Å². The van der Waals surface area contributed by atoms with E-state index in [1.807, 2.05) is 0 Å². The monoisotopic (exact) mass is 192 g/mol. The molecule has 0 atom stereocenters. The Kier molecular flexibility index (Phi) is 1.61. The summed E-state index contributed by atoms with van der Waals surface area (Å²) in [4.78, 5) is 18.7. The van der Waals surface area contributed by atoms with Crippen molar-refractivity contribution in [2.75, 3.05) is 5.32 Å². The molecule has 0 radical (unpaired) electrons. The molecule has 1 saturated carbocycles. The lowest BCUT2D eigenvalue weighted by molar-refractivity contribution is 0.756. The maximum Gasteiger partial charge on any atom is 0.257 e. The van der Waals surface area contributed by atoms with Gasteiger partial charge >= 0.3 is 0 Å². The van der Waals surface area contributed by atoms with Crippen LogP contribution in [0.3, 0.4) is 0 Å². The van der Waals surface area contributed by atoms with Gasteiger partial charge in [-0.1, -0.05) is 0 Å². The van der Waals surface area contributed by atoms with Crippen LogP contribution in [0, 0.1) is 0 Å². The van der Waals surface area contributed by atoms with E-state index in [0.29, 0.717) is 25.1 Å². The third-order valence-corrected chi connectivity index (χ3v) is 2.61. The lowest BCUT2D eigenvalue weighted by Gasteiger charge is -2.04. The molecule has 0 aromatic carbocycles. The Morgan fingerprint density at radius 3 is 3.00 bits per heavy atom. The lowest BCUT2D eigenvalue weighted by Crippen LogP contribution is -2.18. The van der Waals surface area contributed by atoms with Crippen molar-refractivity contribution in [3.8, 4) is 0 Å². The van der Waals surface area contributed by atoms with E-state index in [2.05, 4.69) is 20.6 Å². The second-order valence-electron chi connectivity index (χ2n) is 3.86. The van der Waals surface area contributed by atoms with Gasteiger partial charge in [0.05, 0.1) is 11.3 Å². The number of hydrogen-bond donors (Lipinski definition) is 3. The smallest absolute Gasteiger partial charge is 0.257 e. The fourth-order valence-corrected chi connectivity index (χ4v) is 1.67. The molecule has 0 amide bonds. The van der Waals surface area contributed by atoms with Crippen LogP contribution in [0.15, 0.2) is 4.79 Å². The Morgan fingerprint density at radius 1 is 1.36 bits per heavy atom. The first kappa shape index (κ1) is 7.99. The molecule has 5 nitrogen and oxygen atoms in total. The van der Waals surface area contributed by atoms with Crippen molar-refractivity contribution < 1.29 is 0 Å². The minimum Gasteiger partial charge on any atom is -0.353 e. The summed E-state index contributed by atoms with van der Waals surface area (Å²) in [6.45, 7) is 1.35. The van der Waals surface area contributed by atoms with Gasteiger partial charge in [-0.3, -0.25) is 9.78 Å². The maximum absolute atomic E-state index is 11.6. The van der Waals surface area contributed by atoms with Crippen molar-refractivity contribution in [3.63, 3.8) is 0 Å². The summed E-state index contributed by atoms with van der Waals surface area (Å²) in [5, 5.41) is 6.31. The van der Waals surface area contributed by atoms with Gasteiger partial charge in [-0.25, -0.2) is 4.98 Å². The van der Waals surface area contributed by atoms with Crippen LogP contribution in [0.5, 0.6) is 0 Å². The predicted molar refractivity (Wildman–Crippen MR) is 52.0 cm³/mol. The highest BCUT2D eigenvalue weighted by atomic mass is 16.1. The number of fused-ring (bicyclic) bond motifs is 1. The molecule has 3 rings (SSSR count). The second-order valence-corrected chi connectivity index (χ2v) is 3.86. The van der Waals surface area contributed by atoms with E-state index in [0.717, 1.165) is 11.3 Å². The maximum atomic E-state index is 11.6. The lowest BCUT2D eigenvalue weighted by atomic mass is 10.3. The summed E-state index contributed by atoms with van der Waals surface area (Å²) < 4.78 is 0. The summed E-state index contributed by atoms with van der Waals surface area (Å²) in [5.41, 5.74) is 1.66. The fourth-order valence-electron chi connectivity index (χ4n) is 1.67. The molecule has 14 heavy (non-hydrogen) atoms. The number of nitrogens with zero attached hydrogens (tertiary/aromatic N) is 1. The number of hydrogen-bond acceptors (Lipinski definition) is 4. The first-order valence-electron chi connectivity index (χ1n) is 4.92. The Hall–Kier alpha value is -1.36. The minimum atomic E-state index is -0.0110. The van der Waals surface area contributed by atoms with E-state index in [1.54, 1.807) is 0 Å². The molecule has 1 aromatic rings. The van der Waals surface area contributed by atoms with Gasteiger partial charge in [-0.05, 0) is 12.8 Å². The number of nitrogens with one attached hydrogen (secondary N) is 3. The van der Waals surface area contributed by atoms with E-state index in [-0.39, 0.29) is 5.56 Å². The third-order valence-electron chi connectivity index (χ3n) is 2.61. The van der Waals surface area contributed by atoms with Crippen LogP contribution in [-0.2, 0) is 13.1 Å². The molecule has 5 heteroatoms. The van der Waals surface area contributed by atoms with Crippen molar-refractivity contribution >= 4 is 5.95 Å². The molecule has 3 N–H and O–H groups in total. The van der Waals surface area contributed by atoms with Crippen LogP contribution in [0.1, 0.15) is 24.1 Å². The molecule has 0 unspecified atom stereocenters. The topological polar surface area (TPSA) is 69.8 Å². The molecule has 1 fully saturated rings. The molecule has 0 bridgehead atoms. The zero-order valence-corrected chi connectivity index (χ0v) is 7.76. The zero-order chi connectivity index (χ0) is 9.54. The standard InChI is InChI=1S/C9H12N4O/c14-8-6-3-10-4-7(6)12-9(13-8)11-5-1-2-5/h5,10H,1-4H2,(H2,11,12,13,14). The summed E-state index contributed by atoms with van der Waals surface area (Å²) in [6, 6.07) is 0.519. The molecular weight excluding hydrogens is 180 g/mol. The summed E-state index contributed by atoms with van der Waals surface area (Å²) in [6.07, 6.45) is 2.36. The molecule has 2 heterocycles. The van der Waals surface area contributed by atoms with Gasteiger partial charge in [0.2, 0.25) is 5.95 Å². The number of aromatic amines is 1. The Bertz CT molecular complexity index is 421. The van der Waals surface area contributed by atoms with Gasteiger partial charge < -0.3 is 10.6 Å². The van der Waals surface area contributed by atoms with Crippen LogP contribution < -0.4 is 16.2 Å². The van der Waals surface area contributed by atoms with Crippen LogP contribution in [0.4, 0.5) is 5.95 Å². The quantitative estimate of drug-likeness (QED) is 0.614. The van der Waals surface area contributed by atoms with Gasteiger partial charge in [0.1, 0.15) is 0 Å². The van der Waals surface area contributed by atoms with E-state index < -0.39 is 0 Å². The molecule has 0 spiro atoms. The van der Waals surface area contributed by atoms with E-state index in [4.69, 9.17) is 0 Å². The van der Waals surface area contributed by atoms with Crippen LogP contribution in [0.2, 0.25) is 0 Å². The van der Waals surface area contributed by atoms with Crippen molar-refractivity contribution in [3.05, 3.63) is 21.6 Å². The number of H-pyrrole nitrogens is 1. The fraction of sp³-hybridized carbons (Fsp3) is 0.556.